The van der Waals surface area contributed by atoms with Crippen LogP contribution in [-0.2, 0) is 15.1 Å². The van der Waals surface area contributed by atoms with Gasteiger partial charge < -0.3 is 4.74 Å². The molecule has 8 heteroatoms. The second-order valence-electron chi connectivity index (χ2n) is 8.51. The predicted octanol–water partition coefficient (Wildman–Crippen LogP) is 5.90. The summed E-state index contributed by atoms with van der Waals surface area (Å²) in [4.78, 5) is 31.9. The van der Waals surface area contributed by atoms with Crippen molar-refractivity contribution < 1.29 is 14.3 Å². The number of ether oxygens (including phenoxy) is 1. The van der Waals surface area contributed by atoms with Crippen LogP contribution in [0.1, 0.15) is 49.4 Å². The van der Waals surface area contributed by atoms with Gasteiger partial charge in [0.25, 0.3) is 0 Å². The maximum Gasteiger partial charge on any atom is 0.248 e. The molecular formula is C25H25ClN2O3S2. The van der Waals surface area contributed by atoms with Crippen LogP contribution in [-0.4, -0.2) is 27.6 Å². The van der Waals surface area contributed by atoms with Crippen molar-refractivity contribution in [3.8, 4) is 5.88 Å². The number of benzene rings is 1. The number of Topliss-reactive ketones (excluding diaryl/α,β-unsaturated/α-hetero) is 1. The third kappa shape index (κ3) is 4.54. The van der Waals surface area contributed by atoms with Crippen LogP contribution < -0.4 is 4.74 Å². The van der Waals surface area contributed by atoms with Crippen LogP contribution >= 0.6 is 35.8 Å². The van der Waals surface area contributed by atoms with Gasteiger partial charge in [-0.2, -0.15) is 11.3 Å². The highest BCUT2D eigenvalue weighted by Crippen LogP contribution is 2.48. The molecule has 0 N–H and O–H groups in total. The molecule has 1 fully saturated rings. The van der Waals surface area contributed by atoms with Gasteiger partial charge in [0, 0.05) is 17.5 Å². The largest absolute Gasteiger partial charge is 0.478 e. The summed E-state index contributed by atoms with van der Waals surface area (Å²) in [7, 11) is 0. The first-order valence-corrected chi connectivity index (χ1v) is 12.5. The molecule has 1 saturated heterocycles. The molecule has 3 heterocycles. The predicted molar refractivity (Wildman–Crippen MR) is 134 cm³/mol. The summed E-state index contributed by atoms with van der Waals surface area (Å²) in [5.74, 6) is -0.695. The Morgan fingerprint density at radius 3 is 2.70 bits per heavy atom. The Morgan fingerprint density at radius 2 is 2.00 bits per heavy atom. The SMILES string of the molecule is CC(C)CCOc1cccc(C2(c3ccsc3)CC(=O)C(c3ccccc3Cl)C(=O)N2S)n1. The average molecular weight is 501 g/mol. The van der Waals surface area contributed by atoms with E-state index in [0.29, 0.717) is 34.7 Å². The van der Waals surface area contributed by atoms with Crippen LogP contribution in [0.15, 0.2) is 59.3 Å². The van der Waals surface area contributed by atoms with Gasteiger partial charge in [-0.15, -0.1) is 0 Å². The van der Waals surface area contributed by atoms with Gasteiger partial charge in [0.1, 0.15) is 11.5 Å². The minimum absolute atomic E-state index is 0.0251. The molecule has 1 aliphatic rings. The van der Waals surface area contributed by atoms with Crippen LogP contribution in [0, 0.1) is 5.92 Å². The van der Waals surface area contributed by atoms with Gasteiger partial charge in [-0.1, -0.05) is 62.5 Å². The Morgan fingerprint density at radius 1 is 1.21 bits per heavy atom. The number of pyridine rings is 1. The number of piperidine rings is 1. The molecule has 0 aliphatic carbocycles. The van der Waals surface area contributed by atoms with E-state index in [-0.39, 0.29) is 12.2 Å². The van der Waals surface area contributed by atoms with Gasteiger partial charge in [0.2, 0.25) is 11.8 Å². The summed E-state index contributed by atoms with van der Waals surface area (Å²) in [6.45, 7) is 4.80. The van der Waals surface area contributed by atoms with Crippen LogP contribution in [0.2, 0.25) is 5.02 Å². The quantitative estimate of drug-likeness (QED) is 0.324. The molecule has 2 unspecified atom stereocenters. The Bertz CT molecular complexity index is 1150. The van der Waals surface area contributed by atoms with Crippen molar-refractivity contribution in [3.63, 3.8) is 0 Å². The molecule has 3 aromatic rings. The summed E-state index contributed by atoms with van der Waals surface area (Å²) in [5.41, 5.74) is 0.670. The van der Waals surface area contributed by atoms with Crippen molar-refractivity contribution in [3.05, 3.63) is 81.1 Å². The molecule has 1 aliphatic heterocycles. The number of carbonyl (C=O) groups is 2. The number of amides is 1. The third-order valence-corrected chi connectivity index (χ3v) is 7.44. The number of rotatable bonds is 7. The van der Waals surface area contributed by atoms with E-state index in [2.05, 4.69) is 26.7 Å². The molecule has 0 radical (unpaired) electrons. The average Bonchev–Trinajstić information content (AvgIpc) is 3.33. The second-order valence-corrected chi connectivity index (χ2v) is 10.1. The summed E-state index contributed by atoms with van der Waals surface area (Å²) in [5, 5.41) is 4.22. The second kappa shape index (κ2) is 9.87. The van der Waals surface area contributed by atoms with E-state index in [4.69, 9.17) is 21.3 Å². The number of hydrogen-bond donors (Lipinski definition) is 1. The number of ketones is 1. The number of thiophene rings is 1. The van der Waals surface area contributed by atoms with E-state index >= 15 is 0 Å². The van der Waals surface area contributed by atoms with E-state index in [1.54, 1.807) is 30.3 Å². The first-order valence-electron chi connectivity index (χ1n) is 10.8. The van der Waals surface area contributed by atoms with Gasteiger partial charge >= 0.3 is 0 Å². The lowest BCUT2D eigenvalue weighted by Crippen LogP contribution is -2.54. The summed E-state index contributed by atoms with van der Waals surface area (Å²) < 4.78 is 7.22. The van der Waals surface area contributed by atoms with Crippen LogP contribution in [0.3, 0.4) is 0 Å². The summed E-state index contributed by atoms with van der Waals surface area (Å²) in [6.07, 6.45) is 0.925. The van der Waals surface area contributed by atoms with Gasteiger partial charge in [-0.25, -0.2) is 4.98 Å². The van der Waals surface area contributed by atoms with Crippen molar-refractivity contribution in [2.45, 2.75) is 38.1 Å². The molecule has 172 valence electrons. The minimum atomic E-state index is -1.15. The number of nitrogens with zero attached hydrogens (tertiary/aromatic N) is 2. The van der Waals surface area contributed by atoms with E-state index in [1.165, 1.54) is 15.6 Å². The van der Waals surface area contributed by atoms with Crippen molar-refractivity contribution in [2.24, 2.45) is 5.92 Å². The lowest BCUT2D eigenvalue weighted by molar-refractivity contribution is -0.142. The molecule has 0 saturated carbocycles. The van der Waals surface area contributed by atoms with Crippen LogP contribution in [0.5, 0.6) is 5.88 Å². The van der Waals surface area contributed by atoms with Crippen molar-refractivity contribution >= 4 is 47.4 Å². The molecular weight excluding hydrogens is 476 g/mol. The fourth-order valence-corrected chi connectivity index (χ4v) is 5.46. The lowest BCUT2D eigenvalue weighted by Gasteiger charge is -2.45. The topological polar surface area (TPSA) is 59.5 Å². The number of hydrogen-bond acceptors (Lipinski definition) is 6. The number of aromatic nitrogens is 1. The zero-order valence-electron chi connectivity index (χ0n) is 18.4. The molecule has 33 heavy (non-hydrogen) atoms. The van der Waals surface area contributed by atoms with Gasteiger partial charge in [-0.3, -0.25) is 13.9 Å². The molecule has 2 aromatic heterocycles. The number of carbonyl (C=O) groups excluding carboxylic acids is 2. The number of thiol groups is 1. The Kier molecular flexibility index (Phi) is 7.12. The van der Waals surface area contributed by atoms with Gasteiger partial charge in [-0.05, 0) is 52.4 Å². The van der Waals surface area contributed by atoms with E-state index < -0.39 is 17.4 Å². The first kappa shape index (κ1) is 23.8. The van der Waals surface area contributed by atoms with Gasteiger partial charge in [0.05, 0.1) is 12.3 Å². The fraction of sp³-hybridized carbons (Fsp3) is 0.320. The van der Waals surface area contributed by atoms with Crippen molar-refractivity contribution in [1.29, 1.82) is 0 Å². The molecule has 1 amide bonds. The molecule has 0 bridgehead atoms. The smallest absolute Gasteiger partial charge is 0.248 e. The minimum Gasteiger partial charge on any atom is -0.478 e. The molecule has 1 aromatic carbocycles. The zero-order valence-corrected chi connectivity index (χ0v) is 20.9. The molecule has 5 nitrogen and oxygen atoms in total. The molecule has 2 atom stereocenters. The normalized spacial score (nSPS) is 21.0. The Labute approximate surface area is 208 Å². The van der Waals surface area contributed by atoms with Crippen molar-refractivity contribution in [2.75, 3.05) is 6.61 Å². The highest BCUT2D eigenvalue weighted by atomic mass is 35.5. The maximum atomic E-state index is 13.6. The summed E-state index contributed by atoms with van der Waals surface area (Å²) in [6, 6.07) is 14.3. The highest BCUT2D eigenvalue weighted by Gasteiger charge is 2.53. The zero-order chi connectivity index (χ0) is 23.6. The summed E-state index contributed by atoms with van der Waals surface area (Å²) >= 11 is 12.5. The van der Waals surface area contributed by atoms with E-state index in [9.17, 15) is 9.59 Å². The standard InChI is InChI=1S/C25H25ClN2O3S2/c1-16(2)10-12-31-22-9-5-8-21(27-22)25(17-11-13-33-15-17)14-20(29)23(24(30)28(25)32)18-6-3-4-7-19(18)26/h3-9,11,13,15-16,23,32H,10,12,14H2,1-2H3. The van der Waals surface area contributed by atoms with Crippen LogP contribution in [0.4, 0.5) is 0 Å². The van der Waals surface area contributed by atoms with Gasteiger partial charge in [0.15, 0.2) is 5.78 Å². The van der Waals surface area contributed by atoms with E-state index in [0.717, 1.165) is 12.0 Å². The molecule has 0 spiro atoms. The number of halogens is 1. The highest BCUT2D eigenvalue weighted by molar-refractivity contribution is 7.78. The Hall–Kier alpha value is -2.35. The Balaban J connectivity index is 1.76. The molecule has 4 rings (SSSR count). The fourth-order valence-electron chi connectivity index (χ4n) is 4.09. The third-order valence-electron chi connectivity index (χ3n) is 5.88. The monoisotopic (exact) mass is 500 g/mol. The maximum absolute atomic E-state index is 13.6. The lowest BCUT2D eigenvalue weighted by atomic mass is 9.75. The van der Waals surface area contributed by atoms with E-state index in [1.807, 2.05) is 29.0 Å². The van der Waals surface area contributed by atoms with Crippen molar-refractivity contribution in [1.82, 2.24) is 9.29 Å². The van der Waals surface area contributed by atoms with Crippen LogP contribution in [0.25, 0.3) is 0 Å². The first-order chi connectivity index (χ1) is 15.8.